The summed E-state index contributed by atoms with van der Waals surface area (Å²) in [6.45, 7) is 0.213. The number of amides is 1. The molecule has 0 spiro atoms. The first-order valence-electron chi connectivity index (χ1n) is 6.81. The highest BCUT2D eigenvalue weighted by molar-refractivity contribution is 8.00. The molecule has 0 saturated heterocycles. The van der Waals surface area contributed by atoms with E-state index in [1.165, 1.54) is 0 Å². The summed E-state index contributed by atoms with van der Waals surface area (Å²) in [5, 5.41) is 3.68. The van der Waals surface area contributed by atoms with Crippen LogP contribution < -0.4 is 14.8 Å². The van der Waals surface area contributed by atoms with Crippen LogP contribution >= 0.6 is 23.4 Å². The molecule has 6 heteroatoms. The van der Waals surface area contributed by atoms with E-state index in [0.29, 0.717) is 16.5 Å². The molecule has 2 heterocycles. The lowest BCUT2D eigenvalue weighted by atomic mass is 10.0. The predicted molar refractivity (Wildman–Crippen MR) is 86.9 cm³/mol. The van der Waals surface area contributed by atoms with E-state index < -0.39 is 0 Å². The fourth-order valence-corrected chi connectivity index (χ4v) is 3.87. The van der Waals surface area contributed by atoms with E-state index in [9.17, 15) is 4.79 Å². The predicted octanol–water partition coefficient (Wildman–Crippen LogP) is 3.84. The molecule has 22 heavy (non-hydrogen) atoms. The Balaban J connectivity index is 1.83. The summed E-state index contributed by atoms with van der Waals surface area (Å²) in [5.41, 5.74) is 2.90. The number of fused-ring (bicyclic) bond motifs is 2. The molecule has 1 amide bonds. The van der Waals surface area contributed by atoms with Crippen molar-refractivity contribution >= 4 is 35.0 Å². The van der Waals surface area contributed by atoms with Crippen molar-refractivity contribution < 1.29 is 14.3 Å². The van der Waals surface area contributed by atoms with Gasteiger partial charge in [0.05, 0.1) is 11.0 Å². The Kier molecular flexibility index (Phi) is 3.39. The van der Waals surface area contributed by atoms with E-state index in [0.717, 1.165) is 22.6 Å². The third-order valence-electron chi connectivity index (χ3n) is 3.66. The highest BCUT2D eigenvalue weighted by Gasteiger charge is 2.27. The maximum absolute atomic E-state index is 12.0. The number of hydrogen-bond donors (Lipinski definition) is 1. The van der Waals surface area contributed by atoms with E-state index in [2.05, 4.69) is 5.32 Å². The molecule has 2 aliphatic heterocycles. The minimum atomic E-state index is -0.0124. The summed E-state index contributed by atoms with van der Waals surface area (Å²) in [6, 6.07) is 11.5. The highest BCUT2D eigenvalue weighted by Crippen LogP contribution is 2.46. The molecule has 2 aromatic carbocycles. The van der Waals surface area contributed by atoms with E-state index in [1.807, 2.05) is 36.4 Å². The lowest BCUT2D eigenvalue weighted by Gasteiger charge is -2.17. The smallest absolute Gasteiger partial charge is 0.234 e. The molecule has 0 saturated carbocycles. The van der Waals surface area contributed by atoms with E-state index in [1.54, 1.807) is 11.8 Å². The molecule has 0 aliphatic carbocycles. The summed E-state index contributed by atoms with van der Waals surface area (Å²) in [6.07, 6.45) is 0. The van der Waals surface area contributed by atoms with Crippen LogP contribution in [-0.2, 0) is 4.79 Å². The second-order valence-electron chi connectivity index (χ2n) is 5.08. The van der Waals surface area contributed by atoms with E-state index in [-0.39, 0.29) is 18.0 Å². The van der Waals surface area contributed by atoms with Crippen molar-refractivity contribution in [1.29, 1.82) is 0 Å². The lowest BCUT2D eigenvalue weighted by molar-refractivity contribution is -0.113. The molecule has 1 atom stereocenters. The van der Waals surface area contributed by atoms with Crippen molar-refractivity contribution in [2.45, 2.75) is 5.25 Å². The standard InChI is InChI=1S/C16H12ClNO3S/c17-10-3-1-9(2-4-10)16-11-5-13-14(21-8-20-13)6-12(11)18-15(19)7-22-16/h1-6,16H,7-8H2,(H,18,19). The molecule has 112 valence electrons. The lowest BCUT2D eigenvalue weighted by Crippen LogP contribution is -2.12. The molecule has 0 aromatic heterocycles. The van der Waals surface area contributed by atoms with Crippen LogP contribution in [0, 0.1) is 0 Å². The van der Waals surface area contributed by atoms with Gasteiger partial charge in [0.15, 0.2) is 11.5 Å². The maximum atomic E-state index is 12.0. The van der Waals surface area contributed by atoms with Crippen LogP contribution in [0.4, 0.5) is 5.69 Å². The molecule has 4 rings (SSSR count). The summed E-state index contributed by atoms with van der Waals surface area (Å²) >= 11 is 7.56. The molecule has 4 nitrogen and oxygen atoms in total. The SMILES string of the molecule is O=C1CSC(c2ccc(Cl)cc2)c2cc3c(cc2N1)OCO3. The van der Waals surface area contributed by atoms with Gasteiger partial charge in [-0.2, -0.15) is 0 Å². The van der Waals surface area contributed by atoms with Crippen LogP contribution in [0.25, 0.3) is 0 Å². The molecular formula is C16H12ClNO3S. The molecular weight excluding hydrogens is 322 g/mol. The van der Waals surface area contributed by atoms with Gasteiger partial charge in [0.1, 0.15) is 0 Å². The van der Waals surface area contributed by atoms with Gasteiger partial charge in [0.2, 0.25) is 12.7 Å². The molecule has 0 fully saturated rings. The van der Waals surface area contributed by atoms with Gasteiger partial charge in [-0.1, -0.05) is 23.7 Å². The molecule has 2 aromatic rings. The van der Waals surface area contributed by atoms with Gasteiger partial charge >= 0.3 is 0 Å². The van der Waals surface area contributed by atoms with Crippen molar-refractivity contribution in [3.8, 4) is 11.5 Å². The monoisotopic (exact) mass is 333 g/mol. The number of ether oxygens (including phenoxy) is 2. The average molecular weight is 334 g/mol. The fraction of sp³-hybridized carbons (Fsp3) is 0.188. The molecule has 0 radical (unpaired) electrons. The minimum Gasteiger partial charge on any atom is -0.454 e. The first-order valence-corrected chi connectivity index (χ1v) is 8.24. The zero-order valence-corrected chi connectivity index (χ0v) is 13.0. The first kappa shape index (κ1) is 13.8. The Morgan fingerprint density at radius 1 is 1.14 bits per heavy atom. The summed E-state index contributed by atoms with van der Waals surface area (Å²) in [5.74, 6) is 1.77. The molecule has 1 N–H and O–H groups in total. The second kappa shape index (κ2) is 5.41. The van der Waals surface area contributed by atoms with Crippen molar-refractivity contribution in [2.75, 3.05) is 17.9 Å². The van der Waals surface area contributed by atoms with Gasteiger partial charge in [-0.3, -0.25) is 4.79 Å². The normalized spacial score (nSPS) is 19.3. The van der Waals surface area contributed by atoms with Gasteiger partial charge in [0, 0.05) is 16.8 Å². The zero-order valence-electron chi connectivity index (χ0n) is 11.5. The number of nitrogens with one attached hydrogen (secondary N) is 1. The molecule has 1 unspecified atom stereocenters. The quantitative estimate of drug-likeness (QED) is 0.861. The molecule has 2 aliphatic rings. The second-order valence-corrected chi connectivity index (χ2v) is 6.61. The van der Waals surface area contributed by atoms with Gasteiger partial charge in [0.25, 0.3) is 0 Å². The Morgan fingerprint density at radius 2 is 1.86 bits per heavy atom. The number of benzene rings is 2. The Hall–Kier alpha value is -1.85. The van der Waals surface area contributed by atoms with Crippen LogP contribution in [0.3, 0.4) is 0 Å². The Labute approximate surface area is 136 Å². The van der Waals surface area contributed by atoms with Crippen molar-refractivity contribution in [1.82, 2.24) is 0 Å². The zero-order chi connectivity index (χ0) is 15.1. The summed E-state index contributed by atoms with van der Waals surface area (Å²) in [7, 11) is 0. The number of rotatable bonds is 1. The topological polar surface area (TPSA) is 47.6 Å². The van der Waals surface area contributed by atoms with E-state index in [4.69, 9.17) is 21.1 Å². The number of halogens is 1. The highest BCUT2D eigenvalue weighted by atomic mass is 35.5. The number of carbonyl (C=O) groups is 1. The third kappa shape index (κ3) is 2.40. The minimum absolute atomic E-state index is 0.0124. The Bertz CT molecular complexity index is 748. The van der Waals surface area contributed by atoms with Gasteiger partial charge in [-0.15, -0.1) is 11.8 Å². The first-order chi connectivity index (χ1) is 10.7. The summed E-state index contributed by atoms with van der Waals surface area (Å²) in [4.78, 5) is 12.0. The van der Waals surface area contributed by atoms with Crippen LogP contribution in [0.1, 0.15) is 16.4 Å². The molecule has 0 bridgehead atoms. The van der Waals surface area contributed by atoms with Crippen molar-refractivity contribution in [3.05, 3.63) is 52.5 Å². The number of hydrogen-bond acceptors (Lipinski definition) is 4. The van der Waals surface area contributed by atoms with Crippen molar-refractivity contribution in [3.63, 3.8) is 0 Å². The van der Waals surface area contributed by atoms with Gasteiger partial charge in [-0.25, -0.2) is 0 Å². The Morgan fingerprint density at radius 3 is 2.64 bits per heavy atom. The maximum Gasteiger partial charge on any atom is 0.234 e. The van der Waals surface area contributed by atoms with Crippen LogP contribution in [0.15, 0.2) is 36.4 Å². The van der Waals surface area contributed by atoms with Crippen LogP contribution in [0.5, 0.6) is 11.5 Å². The fourth-order valence-electron chi connectivity index (χ4n) is 2.63. The van der Waals surface area contributed by atoms with Crippen LogP contribution in [-0.4, -0.2) is 18.5 Å². The summed E-state index contributed by atoms with van der Waals surface area (Å²) < 4.78 is 10.9. The number of thioether (sulfide) groups is 1. The van der Waals surface area contributed by atoms with Gasteiger partial charge in [-0.05, 0) is 29.3 Å². The van der Waals surface area contributed by atoms with Gasteiger partial charge < -0.3 is 14.8 Å². The van der Waals surface area contributed by atoms with E-state index >= 15 is 0 Å². The number of anilines is 1. The largest absolute Gasteiger partial charge is 0.454 e. The average Bonchev–Trinajstić information content (AvgIpc) is 2.89. The van der Waals surface area contributed by atoms with Crippen molar-refractivity contribution in [2.24, 2.45) is 0 Å². The van der Waals surface area contributed by atoms with Crippen LogP contribution in [0.2, 0.25) is 5.02 Å². The third-order valence-corrected chi connectivity index (χ3v) is 5.20. The number of carbonyl (C=O) groups excluding carboxylic acids is 1.